The highest BCUT2D eigenvalue weighted by atomic mass is 16.6. The van der Waals surface area contributed by atoms with Crippen molar-refractivity contribution in [1.29, 1.82) is 0 Å². The Morgan fingerprint density at radius 2 is 0.339 bits per heavy atom. The number of nitrogens with zero attached hydrogens (tertiary/aromatic N) is 8. The van der Waals surface area contributed by atoms with Crippen LogP contribution in [-0.4, -0.2) is 198 Å². The number of hydrogen-bond donors (Lipinski definition) is 0. The molecule has 0 amide bonds. The molecular weight excluding hydrogens is 1490 g/mol. The summed E-state index contributed by atoms with van der Waals surface area (Å²) >= 11 is 0. The van der Waals surface area contributed by atoms with Crippen LogP contribution in [0.3, 0.4) is 0 Å². The predicted octanol–water partition coefficient (Wildman–Crippen LogP) is 17.5. The van der Waals surface area contributed by atoms with Crippen LogP contribution >= 0.6 is 0 Å². The number of benzene rings is 8. The molecule has 3 aliphatic rings. The van der Waals surface area contributed by atoms with Crippen molar-refractivity contribution in [2.75, 3.05) is 159 Å². The van der Waals surface area contributed by atoms with Crippen LogP contribution in [0.2, 0.25) is 0 Å². The molecule has 0 atom stereocenters. The van der Waals surface area contributed by atoms with E-state index in [0.717, 1.165) is 166 Å². The van der Waals surface area contributed by atoms with Gasteiger partial charge in [-0.15, -0.1) is 0 Å². The first-order chi connectivity index (χ1) is 58.5. The van der Waals surface area contributed by atoms with E-state index in [9.17, 15) is 0 Å². The lowest BCUT2D eigenvalue weighted by atomic mass is 10.0. The Kier molecular flexibility index (Phi) is 26.0. The zero-order chi connectivity index (χ0) is 79.3. The van der Waals surface area contributed by atoms with Gasteiger partial charge in [0.1, 0.15) is 49.0 Å². The summed E-state index contributed by atoms with van der Waals surface area (Å²) < 4.78 is 81.8. The maximum Gasteiger partial charge on any atom is 0.213 e. The molecule has 0 radical (unpaired) electrons. The Balaban J connectivity index is 0.499. The van der Waals surface area contributed by atoms with Gasteiger partial charge in [-0.25, -0.2) is 39.9 Å². The van der Waals surface area contributed by atoms with Crippen molar-refractivity contribution in [1.82, 2.24) is 39.9 Å². The molecule has 22 heteroatoms. The third-order valence-electron chi connectivity index (χ3n) is 20.2. The molecule has 3 aliphatic heterocycles. The van der Waals surface area contributed by atoms with Gasteiger partial charge in [-0.3, -0.25) is 0 Å². The fourth-order valence-corrected chi connectivity index (χ4v) is 14.1. The second-order valence-corrected chi connectivity index (χ2v) is 28.0. The van der Waals surface area contributed by atoms with E-state index < -0.39 is 0 Å². The van der Waals surface area contributed by atoms with Crippen LogP contribution in [0.15, 0.2) is 243 Å². The lowest BCUT2D eigenvalue weighted by Crippen LogP contribution is -2.15. The zero-order valence-electron chi connectivity index (χ0n) is 65.4. The van der Waals surface area contributed by atoms with Gasteiger partial charge >= 0.3 is 0 Å². The van der Waals surface area contributed by atoms with E-state index in [4.69, 9.17) is 106 Å². The minimum absolute atomic E-state index is 0.319. The summed E-state index contributed by atoms with van der Waals surface area (Å²) in [6.07, 6.45) is 0. The maximum atomic E-state index is 6.08. The SMILES string of the molecule is c1cc2cc(c1)-c1ccc3ccc4ccc(nc4c3n1)OCCOCCOCCOCCOCCOCCOc1ccc(cc1)-c1ccc3ccc4ccc(nc4c3n1)-c1cccc(c1)-c1ccc3ccc4ccc(nc4c3n1)-c1ccc(cc1)OCCOCCOCCOCCOCCOCCOc1ccc3ccc4ccc-2nc4c3n1. The van der Waals surface area contributed by atoms with Gasteiger partial charge in [0.15, 0.2) is 0 Å². The summed E-state index contributed by atoms with van der Waals surface area (Å²) in [4.78, 5) is 41.3. The minimum Gasteiger partial charge on any atom is -0.491 e. The van der Waals surface area contributed by atoms with E-state index in [0.29, 0.717) is 170 Å². The van der Waals surface area contributed by atoms with E-state index in [2.05, 4.69) is 140 Å². The van der Waals surface area contributed by atoms with E-state index >= 15 is 0 Å². The van der Waals surface area contributed by atoms with Crippen molar-refractivity contribution >= 4 is 87.2 Å². The summed E-state index contributed by atoms with van der Waals surface area (Å²) in [5.74, 6) is 2.45. The first-order valence-corrected chi connectivity index (χ1v) is 40.0. The van der Waals surface area contributed by atoms with Gasteiger partial charge in [-0.1, -0.05) is 121 Å². The van der Waals surface area contributed by atoms with Gasteiger partial charge in [0, 0.05) is 88.6 Å². The summed E-state index contributed by atoms with van der Waals surface area (Å²) in [6.45, 7) is 10.00. The van der Waals surface area contributed by atoms with Crippen molar-refractivity contribution in [3.05, 3.63) is 243 Å². The molecule has 0 unspecified atom stereocenters. The number of pyridine rings is 8. The van der Waals surface area contributed by atoms with Crippen molar-refractivity contribution < 1.29 is 66.3 Å². The number of ether oxygens (including phenoxy) is 14. The summed E-state index contributed by atoms with van der Waals surface area (Å²) in [5, 5.41) is 7.85. The van der Waals surface area contributed by atoms with Crippen molar-refractivity contribution in [2.24, 2.45) is 0 Å². The quantitative estimate of drug-likeness (QED) is 0.128. The van der Waals surface area contributed by atoms with E-state index in [1.54, 1.807) is 0 Å². The van der Waals surface area contributed by atoms with Crippen LogP contribution in [0.1, 0.15) is 0 Å². The average molecular weight is 1580 g/mol. The molecular formula is C96H88N8O14. The fourth-order valence-electron chi connectivity index (χ4n) is 14.1. The van der Waals surface area contributed by atoms with E-state index in [-0.39, 0.29) is 0 Å². The molecule has 8 aromatic heterocycles. The monoisotopic (exact) mass is 1580 g/mol. The molecule has 0 fully saturated rings. The van der Waals surface area contributed by atoms with E-state index in [1.165, 1.54) is 0 Å². The van der Waals surface area contributed by atoms with Gasteiger partial charge < -0.3 is 66.3 Å². The van der Waals surface area contributed by atoms with Crippen LogP contribution in [-0.2, 0) is 47.4 Å². The zero-order valence-corrected chi connectivity index (χ0v) is 65.4. The number of rotatable bonds is 0. The Morgan fingerprint density at radius 3 is 0.576 bits per heavy atom. The third kappa shape index (κ3) is 19.7. The second-order valence-electron chi connectivity index (χ2n) is 28.0. The topological polar surface area (TPSA) is 232 Å². The Bertz CT molecular complexity index is 5760. The fraction of sp³-hybridized carbons (Fsp3) is 0.250. The minimum atomic E-state index is 0.319. The van der Waals surface area contributed by atoms with Crippen LogP contribution < -0.4 is 18.9 Å². The number of aromatic nitrogens is 8. The molecule has 596 valence electrons. The molecule has 0 saturated heterocycles. The summed E-state index contributed by atoms with van der Waals surface area (Å²) in [5.41, 5.74) is 17.0. The van der Waals surface area contributed by atoms with Crippen molar-refractivity contribution in [3.8, 4) is 90.8 Å². The molecule has 11 heterocycles. The van der Waals surface area contributed by atoms with Crippen LogP contribution in [0.5, 0.6) is 23.3 Å². The van der Waals surface area contributed by atoms with Crippen molar-refractivity contribution in [2.45, 2.75) is 0 Å². The highest BCUT2D eigenvalue weighted by Crippen LogP contribution is 2.36. The normalized spacial score (nSPS) is 15.6. The molecule has 0 N–H and O–H groups in total. The third-order valence-corrected chi connectivity index (χ3v) is 20.2. The molecule has 0 aliphatic carbocycles. The molecule has 118 heavy (non-hydrogen) atoms. The first kappa shape index (κ1) is 78.4. The molecule has 0 spiro atoms. The number of hydrogen-bond acceptors (Lipinski definition) is 22. The maximum absolute atomic E-state index is 6.08. The van der Waals surface area contributed by atoms with Crippen molar-refractivity contribution in [3.63, 3.8) is 0 Å². The lowest BCUT2D eigenvalue weighted by molar-refractivity contribution is -0.0142. The van der Waals surface area contributed by atoms with Crippen LogP contribution in [0.4, 0.5) is 0 Å². The largest absolute Gasteiger partial charge is 0.491 e. The standard InChI is InChI=1S/C96H88N8O14/c1-3-75-63-76(4-1)84-34-22-70-10-8-68-20-32-82(98-90(68)92(70)100-84)66-17-29-80(30-18-66)116-60-56-112-52-48-108-44-40-106-42-46-110-50-54-114-58-62-118-88-38-26-74-14-12-72-24-36-86(102-94(72)96(74)104-88)78-6-2-5-77(64-78)85-35-23-71-11-13-73-25-37-87(103-95(73)93(71)101-85)117-61-57-113-53-49-109-45-41-105-39-43-107-47-51-111-55-59-115-79-27-15-65(16-28-79)81-31-19-67-7-9-69-21-33-83(75)99-91(69)89(67)97-81/h1-38,63-64H,39-62H2. The molecule has 0 saturated carbocycles. The highest BCUT2D eigenvalue weighted by molar-refractivity contribution is 6.07. The molecule has 24 bridgehead atoms. The lowest BCUT2D eigenvalue weighted by Gasteiger charge is -2.11. The predicted molar refractivity (Wildman–Crippen MR) is 458 cm³/mol. The first-order valence-electron chi connectivity index (χ1n) is 40.0. The Morgan fingerprint density at radius 1 is 0.153 bits per heavy atom. The second kappa shape index (κ2) is 39.2. The Labute approximate surface area is 681 Å². The molecule has 22 nitrogen and oxygen atoms in total. The number of fused-ring (bicyclic) bond motifs is 2. The molecule has 8 aromatic carbocycles. The van der Waals surface area contributed by atoms with Gasteiger partial charge in [-0.05, 0) is 109 Å². The van der Waals surface area contributed by atoms with Gasteiger partial charge in [0.2, 0.25) is 11.8 Å². The Hall–Kier alpha value is -12.2. The highest BCUT2D eigenvalue weighted by Gasteiger charge is 2.17. The van der Waals surface area contributed by atoms with Gasteiger partial charge in [0.05, 0.1) is 199 Å². The van der Waals surface area contributed by atoms with Crippen LogP contribution in [0.25, 0.3) is 155 Å². The van der Waals surface area contributed by atoms with Crippen LogP contribution in [0, 0.1) is 0 Å². The van der Waals surface area contributed by atoms with E-state index in [1.807, 2.05) is 103 Å². The van der Waals surface area contributed by atoms with Gasteiger partial charge in [-0.2, -0.15) is 0 Å². The van der Waals surface area contributed by atoms with Gasteiger partial charge in [0.25, 0.3) is 0 Å². The molecule has 16 aromatic rings. The smallest absolute Gasteiger partial charge is 0.213 e. The summed E-state index contributed by atoms with van der Waals surface area (Å²) in [6, 6.07) is 81.9. The summed E-state index contributed by atoms with van der Waals surface area (Å²) in [7, 11) is 0. The molecule has 19 rings (SSSR count). The average Bonchev–Trinajstić information content (AvgIpc) is 0.780.